The lowest BCUT2D eigenvalue weighted by atomic mass is 9.71. The van der Waals surface area contributed by atoms with Crippen molar-refractivity contribution in [1.29, 1.82) is 0 Å². The predicted molar refractivity (Wildman–Crippen MR) is 93.5 cm³/mol. The third-order valence-corrected chi connectivity index (χ3v) is 6.54. The predicted octanol–water partition coefficient (Wildman–Crippen LogP) is 3.61. The fourth-order valence-electron chi connectivity index (χ4n) is 4.75. The quantitative estimate of drug-likeness (QED) is 0.864. The monoisotopic (exact) mass is 383 g/mol. The molecule has 3 fully saturated rings. The van der Waals surface area contributed by atoms with Crippen molar-refractivity contribution in [2.24, 2.45) is 5.41 Å². The molecule has 1 saturated carbocycles. The van der Waals surface area contributed by atoms with Gasteiger partial charge in [-0.15, -0.1) is 0 Å². The molecule has 2 spiro atoms. The standard InChI is InChI=1S/C19H23ClFNO4/c20-15-11-13(21)1-2-14(15)16(17(23)24)22-8-7-18(12-22)3-5-19(6-4-18)25-9-10-26-19/h1-2,11,16H,3-10,12H2,(H,23,24). The van der Waals surface area contributed by atoms with Crippen LogP contribution in [-0.2, 0) is 14.3 Å². The van der Waals surface area contributed by atoms with Gasteiger partial charge in [-0.2, -0.15) is 0 Å². The number of carboxylic acids is 1. The Bertz CT molecular complexity index is 697. The Labute approximate surface area is 157 Å². The molecule has 7 heteroatoms. The summed E-state index contributed by atoms with van der Waals surface area (Å²) in [7, 11) is 0. The molecule has 2 heterocycles. The van der Waals surface area contributed by atoms with Crippen LogP contribution < -0.4 is 0 Å². The first kappa shape index (κ1) is 18.2. The maximum atomic E-state index is 13.4. The minimum absolute atomic E-state index is 0.0980. The summed E-state index contributed by atoms with van der Waals surface area (Å²) in [6.07, 6.45) is 4.59. The number of ether oxygens (including phenoxy) is 2. The molecule has 5 nitrogen and oxygen atoms in total. The van der Waals surface area contributed by atoms with E-state index in [1.807, 2.05) is 4.90 Å². The summed E-state index contributed by atoms with van der Waals surface area (Å²) >= 11 is 6.14. The Morgan fingerprint density at radius 3 is 2.50 bits per heavy atom. The number of carboxylic acid groups (broad SMARTS) is 1. The molecule has 1 aromatic carbocycles. The largest absolute Gasteiger partial charge is 0.480 e. The lowest BCUT2D eigenvalue weighted by Gasteiger charge is -2.42. The number of hydrogen-bond donors (Lipinski definition) is 1. The van der Waals surface area contributed by atoms with E-state index in [1.54, 1.807) is 0 Å². The van der Waals surface area contributed by atoms with E-state index in [0.717, 1.165) is 32.1 Å². The number of hydrogen-bond acceptors (Lipinski definition) is 4. The van der Waals surface area contributed by atoms with Crippen LogP contribution in [0.3, 0.4) is 0 Å². The van der Waals surface area contributed by atoms with E-state index >= 15 is 0 Å². The maximum Gasteiger partial charge on any atom is 0.325 e. The van der Waals surface area contributed by atoms with Crippen molar-refractivity contribution in [3.05, 3.63) is 34.6 Å². The Morgan fingerprint density at radius 1 is 1.19 bits per heavy atom. The van der Waals surface area contributed by atoms with Crippen molar-refractivity contribution in [1.82, 2.24) is 4.90 Å². The van der Waals surface area contributed by atoms with E-state index in [-0.39, 0.29) is 10.4 Å². The summed E-state index contributed by atoms with van der Waals surface area (Å²) < 4.78 is 25.0. The van der Waals surface area contributed by atoms with Gasteiger partial charge < -0.3 is 14.6 Å². The molecule has 2 saturated heterocycles. The molecule has 2 aliphatic heterocycles. The van der Waals surface area contributed by atoms with E-state index in [0.29, 0.717) is 31.9 Å². The topological polar surface area (TPSA) is 59.0 Å². The zero-order chi connectivity index (χ0) is 18.4. The van der Waals surface area contributed by atoms with Gasteiger partial charge in [0.25, 0.3) is 0 Å². The van der Waals surface area contributed by atoms with Gasteiger partial charge in [-0.1, -0.05) is 17.7 Å². The zero-order valence-corrected chi connectivity index (χ0v) is 15.3. The highest BCUT2D eigenvalue weighted by atomic mass is 35.5. The van der Waals surface area contributed by atoms with Crippen LogP contribution in [0.15, 0.2) is 18.2 Å². The molecule has 0 bridgehead atoms. The second kappa shape index (κ2) is 6.75. The Kier molecular flexibility index (Phi) is 4.72. The molecule has 1 aliphatic carbocycles. The van der Waals surface area contributed by atoms with Gasteiger partial charge in [0.1, 0.15) is 11.9 Å². The molecular weight excluding hydrogens is 361 g/mol. The summed E-state index contributed by atoms with van der Waals surface area (Å²) in [5.74, 6) is -1.83. The average Bonchev–Trinajstić information content (AvgIpc) is 3.21. The van der Waals surface area contributed by atoms with Crippen LogP contribution >= 0.6 is 11.6 Å². The molecule has 1 N–H and O–H groups in total. The van der Waals surface area contributed by atoms with Gasteiger partial charge in [-0.3, -0.25) is 9.69 Å². The van der Waals surface area contributed by atoms with Gasteiger partial charge >= 0.3 is 5.97 Å². The highest BCUT2D eigenvalue weighted by molar-refractivity contribution is 6.31. The second-order valence-corrected chi connectivity index (χ2v) is 8.14. The zero-order valence-electron chi connectivity index (χ0n) is 14.5. The summed E-state index contributed by atoms with van der Waals surface area (Å²) in [5.41, 5.74) is 0.549. The average molecular weight is 384 g/mol. The molecule has 4 rings (SSSR count). The first-order chi connectivity index (χ1) is 12.4. The third-order valence-electron chi connectivity index (χ3n) is 6.21. The van der Waals surface area contributed by atoms with Crippen molar-refractivity contribution in [3.8, 4) is 0 Å². The summed E-state index contributed by atoms with van der Waals surface area (Å²) in [5, 5.41) is 9.96. The van der Waals surface area contributed by atoms with Crippen molar-refractivity contribution in [3.63, 3.8) is 0 Å². The van der Waals surface area contributed by atoms with Gasteiger partial charge in [-0.05, 0) is 48.9 Å². The van der Waals surface area contributed by atoms with Crippen LogP contribution in [0, 0.1) is 11.2 Å². The summed E-state index contributed by atoms with van der Waals surface area (Å²) in [6, 6.07) is 3.08. The van der Waals surface area contributed by atoms with Crippen molar-refractivity contribution in [2.45, 2.75) is 43.9 Å². The number of nitrogens with zero attached hydrogens (tertiary/aromatic N) is 1. The molecule has 3 aliphatic rings. The van der Waals surface area contributed by atoms with Gasteiger partial charge in [0, 0.05) is 24.4 Å². The van der Waals surface area contributed by atoms with Crippen molar-refractivity contribution < 1.29 is 23.8 Å². The number of carbonyl (C=O) groups is 1. The molecule has 26 heavy (non-hydrogen) atoms. The second-order valence-electron chi connectivity index (χ2n) is 7.73. The Balaban J connectivity index is 1.50. The normalized spacial score (nSPS) is 25.8. The fourth-order valence-corrected chi connectivity index (χ4v) is 5.02. The molecule has 142 valence electrons. The minimum Gasteiger partial charge on any atom is -0.480 e. The van der Waals surface area contributed by atoms with E-state index in [9.17, 15) is 14.3 Å². The third kappa shape index (κ3) is 3.24. The summed E-state index contributed by atoms with van der Waals surface area (Å²) in [6.45, 7) is 2.71. The van der Waals surface area contributed by atoms with E-state index in [4.69, 9.17) is 21.1 Å². The highest BCUT2D eigenvalue weighted by Gasteiger charge is 2.50. The maximum absolute atomic E-state index is 13.4. The Morgan fingerprint density at radius 2 is 1.88 bits per heavy atom. The molecular formula is C19H23ClFNO4. The van der Waals surface area contributed by atoms with Gasteiger partial charge in [-0.25, -0.2) is 4.39 Å². The van der Waals surface area contributed by atoms with E-state index in [2.05, 4.69) is 0 Å². The van der Waals surface area contributed by atoms with E-state index < -0.39 is 23.6 Å². The SMILES string of the molecule is O=C(O)C(c1ccc(F)cc1Cl)N1CCC2(CCC3(CC2)OCCO3)C1. The number of halogens is 2. The number of aliphatic carboxylic acids is 1. The smallest absolute Gasteiger partial charge is 0.325 e. The first-order valence-electron chi connectivity index (χ1n) is 9.12. The Hall–Kier alpha value is -1.21. The van der Waals surface area contributed by atoms with E-state index in [1.165, 1.54) is 18.2 Å². The van der Waals surface area contributed by atoms with Crippen LogP contribution in [0.1, 0.15) is 43.7 Å². The van der Waals surface area contributed by atoms with Crippen LogP contribution in [0.25, 0.3) is 0 Å². The molecule has 0 aromatic heterocycles. The lowest BCUT2D eigenvalue weighted by molar-refractivity contribution is -0.191. The molecule has 1 atom stereocenters. The van der Waals surface area contributed by atoms with Gasteiger partial charge in [0.05, 0.1) is 13.2 Å². The van der Waals surface area contributed by atoms with Crippen LogP contribution in [0.4, 0.5) is 4.39 Å². The molecule has 1 unspecified atom stereocenters. The molecule has 1 aromatic rings. The number of likely N-dealkylation sites (tertiary alicyclic amines) is 1. The van der Waals surface area contributed by atoms with Crippen molar-refractivity contribution >= 4 is 17.6 Å². The van der Waals surface area contributed by atoms with Gasteiger partial charge in [0.2, 0.25) is 0 Å². The van der Waals surface area contributed by atoms with Crippen LogP contribution in [0.5, 0.6) is 0 Å². The fraction of sp³-hybridized carbons (Fsp3) is 0.632. The van der Waals surface area contributed by atoms with Gasteiger partial charge in [0.15, 0.2) is 5.79 Å². The number of rotatable bonds is 3. The highest BCUT2D eigenvalue weighted by Crippen LogP contribution is 2.50. The molecule has 0 amide bonds. The first-order valence-corrected chi connectivity index (χ1v) is 9.50. The summed E-state index contributed by atoms with van der Waals surface area (Å²) in [4.78, 5) is 13.9. The number of benzene rings is 1. The molecule has 0 radical (unpaired) electrons. The lowest BCUT2D eigenvalue weighted by Crippen LogP contribution is -2.42. The van der Waals surface area contributed by atoms with Crippen LogP contribution in [-0.4, -0.2) is 48.1 Å². The van der Waals surface area contributed by atoms with Crippen LogP contribution in [0.2, 0.25) is 5.02 Å². The van der Waals surface area contributed by atoms with Crippen molar-refractivity contribution in [2.75, 3.05) is 26.3 Å². The minimum atomic E-state index is -0.953.